The van der Waals surface area contributed by atoms with Gasteiger partial charge >= 0.3 is 0 Å². The van der Waals surface area contributed by atoms with Crippen LogP contribution in [0.1, 0.15) is 11.1 Å². The number of rotatable bonds is 9. The molecule has 1 amide bonds. The molecular weight excluding hydrogens is 471 g/mol. The number of likely N-dealkylation sites (N-methyl/N-ethyl adjacent to an activating group) is 1. The maximum Gasteiger partial charge on any atom is 0.246 e. The molecule has 0 radical (unpaired) electrons. The van der Waals surface area contributed by atoms with Crippen LogP contribution in [0.5, 0.6) is 0 Å². The van der Waals surface area contributed by atoms with Crippen LogP contribution in [-0.4, -0.2) is 57.6 Å². The van der Waals surface area contributed by atoms with E-state index in [1.54, 1.807) is 18.0 Å². The highest BCUT2D eigenvalue weighted by atomic mass is 35.5. The molecular formula is C22H24Cl2N4O3S. The molecule has 7 nitrogen and oxygen atoms in total. The molecule has 0 bridgehead atoms. The highest BCUT2D eigenvalue weighted by Crippen LogP contribution is 2.29. The van der Waals surface area contributed by atoms with Gasteiger partial charge in [0.05, 0.1) is 21.5 Å². The highest BCUT2D eigenvalue weighted by molar-refractivity contribution is 7.91. The predicted molar refractivity (Wildman–Crippen MR) is 128 cm³/mol. The van der Waals surface area contributed by atoms with Gasteiger partial charge in [-0.15, -0.1) is 0 Å². The van der Waals surface area contributed by atoms with E-state index in [9.17, 15) is 13.2 Å². The highest BCUT2D eigenvalue weighted by Gasteiger charge is 2.19. The van der Waals surface area contributed by atoms with Crippen molar-refractivity contribution in [1.82, 2.24) is 15.5 Å². The first-order valence-corrected chi connectivity index (χ1v) is 12.4. The van der Waals surface area contributed by atoms with Crippen LogP contribution in [0.25, 0.3) is 0 Å². The van der Waals surface area contributed by atoms with Gasteiger partial charge in [-0.2, -0.15) is 0 Å². The predicted octanol–water partition coefficient (Wildman–Crippen LogP) is 2.88. The normalized spacial score (nSPS) is 13.8. The van der Waals surface area contributed by atoms with Gasteiger partial charge in [-0.05, 0) is 17.7 Å². The van der Waals surface area contributed by atoms with E-state index in [4.69, 9.17) is 23.2 Å². The molecule has 2 aromatic carbocycles. The average molecular weight is 495 g/mol. The first-order chi connectivity index (χ1) is 15.3. The van der Waals surface area contributed by atoms with Crippen molar-refractivity contribution in [2.24, 2.45) is 4.99 Å². The van der Waals surface area contributed by atoms with Gasteiger partial charge < -0.3 is 10.2 Å². The van der Waals surface area contributed by atoms with E-state index in [2.05, 4.69) is 15.6 Å². The van der Waals surface area contributed by atoms with Gasteiger partial charge in [0.2, 0.25) is 5.91 Å². The lowest BCUT2D eigenvalue weighted by atomic mass is 10.1. The average Bonchev–Trinajstić information content (AvgIpc) is 3.30. The van der Waals surface area contributed by atoms with Gasteiger partial charge in [0.15, 0.2) is 9.84 Å². The molecule has 170 valence electrons. The lowest BCUT2D eigenvalue weighted by molar-refractivity contribution is -0.125. The maximum absolute atomic E-state index is 12.4. The van der Waals surface area contributed by atoms with E-state index in [0.29, 0.717) is 6.54 Å². The number of hydrogen-bond donors (Lipinski definition) is 2. The van der Waals surface area contributed by atoms with E-state index in [-0.39, 0.29) is 33.3 Å². The Bertz CT molecular complexity index is 1130. The molecule has 1 aliphatic rings. The van der Waals surface area contributed by atoms with Gasteiger partial charge in [-0.3, -0.25) is 15.1 Å². The van der Waals surface area contributed by atoms with Gasteiger partial charge in [-0.25, -0.2) is 8.42 Å². The molecule has 10 heteroatoms. The fraction of sp³-hybridized carbons (Fsp3) is 0.273. The lowest BCUT2D eigenvalue weighted by Gasteiger charge is -2.15. The summed E-state index contributed by atoms with van der Waals surface area (Å²) in [6.45, 7) is 2.31. The van der Waals surface area contributed by atoms with E-state index < -0.39 is 9.84 Å². The van der Waals surface area contributed by atoms with Gasteiger partial charge in [0.25, 0.3) is 0 Å². The number of benzene rings is 2. The zero-order chi connectivity index (χ0) is 23.1. The van der Waals surface area contributed by atoms with Crippen molar-refractivity contribution in [2.75, 3.05) is 32.6 Å². The van der Waals surface area contributed by atoms with Crippen molar-refractivity contribution in [3.63, 3.8) is 0 Å². The summed E-state index contributed by atoms with van der Waals surface area (Å²) in [6.07, 6.45) is 3.00. The summed E-state index contributed by atoms with van der Waals surface area (Å²) >= 11 is 11.9. The molecule has 0 fully saturated rings. The molecule has 0 aliphatic carbocycles. The summed E-state index contributed by atoms with van der Waals surface area (Å²) < 4.78 is 24.8. The van der Waals surface area contributed by atoms with Crippen molar-refractivity contribution in [3.8, 4) is 0 Å². The Kier molecular flexibility index (Phi) is 8.31. The molecule has 2 N–H and O–H groups in total. The first kappa shape index (κ1) is 24.3. The Balaban J connectivity index is 1.46. The van der Waals surface area contributed by atoms with E-state index >= 15 is 0 Å². The standard InChI is InChI=1S/C22H24Cl2N4O3S/c1-28(14-16-7-9-17(10-8-16)22-26-12-13-27-22)20(29)6-3-11-25-15-32(30,31)19-5-2-4-18(23)21(19)24/h2-10,25H,11-15H2,1H3,(H,26,27)/b6-3+. The van der Waals surface area contributed by atoms with Crippen LogP contribution >= 0.6 is 23.2 Å². The summed E-state index contributed by atoms with van der Waals surface area (Å²) in [6, 6.07) is 12.4. The van der Waals surface area contributed by atoms with Crippen LogP contribution in [0.3, 0.4) is 0 Å². The summed E-state index contributed by atoms with van der Waals surface area (Å²) in [4.78, 5) is 18.3. The molecule has 1 aliphatic heterocycles. The van der Waals surface area contributed by atoms with Crippen LogP contribution in [0.15, 0.2) is 64.5 Å². The number of hydrogen-bond acceptors (Lipinski definition) is 6. The molecule has 0 spiro atoms. The largest absolute Gasteiger partial charge is 0.368 e. The number of amidine groups is 1. The number of nitrogens with one attached hydrogen (secondary N) is 2. The van der Waals surface area contributed by atoms with Crippen LogP contribution in [0, 0.1) is 0 Å². The molecule has 0 saturated heterocycles. The molecule has 1 heterocycles. The number of nitrogens with zero attached hydrogens (tertiary/aromatic N) is 2. The fourth-order valence-corrected chi connectivity index (χ4v) is 5.00. The minimum absolute atomic E-state index is 0.00355. The minimum atomic E-state index is -3.65. The summed E-state index contributed by atoms with van der Waals surface area (Å²) in [5.41, 5.74) is 2.03. The smallest absolute Gasteiger partial charge is 0.246 e. The molecule has 0 unspecified atom stereocenters. The second-order valence-corrected chi connectivity index (χ2v) is 9.96. The second-order valence-electron chi connectivity index (χ2n) is 7.22. The number of sulfone groups is 1. The first-order valence-electron chi connectivity index (χ1n) is 9.94. The Morgan fingerprint density at radius 1 is 1.22 bits per heavy atom. The molecule has 0 atom stereocenters. The Hall–Kier alpha value is -2.39. The Morgan fingerprint density at radius 3 is 2.66 bits per heavy atom. The van der Waals surface area contributed by atoms with Crippen LogP contribution in [0.2, 0.25) is 10.0 Å². The quantitative estimate of drug-likeness (QED) is 0.413. The van der Waals surface area contributed by atoms with Crippen molar-refractivity contribution < 1.29 is 13.2 Å². The maximum atomic E-state index is 12.4. The number of halogens is 2. The molecule has 32 heavy (non-hydrogen) atoms. The Labute approximate surface area is 198 Å². The SMILES string of the molecule is CN(Cc1ccc(C2=NCCN2)cc1)C(=O)/C=C/CNCS(=O)(=O)c1cccc(Cl)c1Cl. The minimum Gasteiger partial charge on any atom is -0.368 e. The zero-order valence-electron chi connectivity index (χ0n) is 17.5. The third-order valence-corrected chi connectivity index (χ3v) is 7.29. The molecule has 0 saturated carbocycles. The third kappa shape index (κ3) is 6.32. The number of aliphatic imine (C=N–C) groups is 1. The van der Waals surface area contributed by atoms with E-state index in [1.165, 1.54) is 24.3 Å². The topological polar surface area (TPSA) is 90.9 Å². The number of carbonyl (C=O) groups excluding carboxylic acids is 1. The fourth-order valence-electron chi connectivity index (χ4n) is 3.08. The Morgan fingerprint density at radius 2 is 1.97 bits per heavy atom. The van der Waals surface area contributed by atoms with Crippen molar-refractivity contribution in [3.05, 3.63) is 75.8 Å². The van der Waals surface area contributed by atoms with Crippen molar-refractivity contribution in [2.45, 2.75) is 11.4 Å². The van der Waals surface area contributed by atoms with Crippen LogP contribution in [0.4, 0.5) is 0 Å². The number of carbonyl (C=O) groups is 1. The van der Waals surface area contributed by atoms with Crippen LogP contribution < -0.4 is 10.6 Å². The summed E-state index contributed by atoms with van der Waals surface area (Å²) in [7, 11) is -1.94. The third-order valence-electron chi connectivity index (χ3n) is 4.76. The number of amides is 1. The second kappa shape index (κ2) is 11.0. The molecule has 2 aromatic rings. The lowest BCUT2D eigenvalue weighted by Crippen LogP contribution is -2.26. The zero-order valence-corrected chi connectivity index (χ0v) is 19.8. The van der Waals surface area contributed by atoms with Gasteiger partial charge in [-0.1, -0.05) is 59.6 Å². The van der Waals surface area contributed by atoms with Crippen molar-refractivity contribution >= 4 is 44.8 Å². The molecule has 0 aromatic heterocycles. The van der Waals surface area contributed by atoms with Crippen molar-refractivity contribution in [1.29, 1.82) is 0 Å². The monoisotopic (exact) mass is 494 g/mol. The van der Waals surface area contributed by atoms with Crippen LogP contribution in [-0.2, 0) is 21.2 Å². The summed E-state index contributed by atoms with van der Waals surface area (Å²) in [5, 5.41) is 6.20. The van der Waals surface area contributed by atoms with E-state index in [1.807, 2.05) is 24.3 Å². The summed E-state index contributed by atoms with van der Waals surface area (Å²) in [5.74, 6) is 0.392. The van der Waals surface area contributed by atoms with E-state index in [0.717, 1.165) is 30.1 Å². The van der Waals surface area contributed by atoms with Gasteiger partial charge in [0.1, 0.15) is 11.7 Å². The van der Waals surface area contributed by atoms with Gasteiger partial charge in [0, 0.05) is 38.3 Å². The molecule has 3 rings (SSSR count).